The Morgan fingerprint density at radius 3 is 2.63 bits per heavy atom. The molecule has 0 saturated carbocycles. The van der Waals surface area contributed by atoms with Gasteiger partial charge in [0.25, 0.3) is 5.91 Å². The number of rotatable bonds is 2. The van der Waals surface area contributed by atoms with Crippen LogP contribution in [0.3, 0.4) is 0 Å². The van der Waals surface area contributed by atoms with Crippen molar-refractivity contribution in [1.82, 2.24) is 4.98 Å². The summed E-state index contributed by atoms with van der Waals surface area (Å²) in [5, 5.41) is 2.70. The van der Waals surface area contributed by atoms with Gasteiger partial charge in [0.05, 0.1) is 11.4 Å². The van der Waals surface area contributed by atoms with Crippen LogP contribution in [0, 0.1) is 12.7 Å². The third-order valence-electron chi connectivity index (χ3n) is 2.42. The summed E-state index contributed by atoms with van der Waals surface area (Å²) in [5.74, 6) is -0.849. The van der Waals surface area contributed by atoms with Gasteiger partial charge in [-0.15, -0.1) is 0 Å². The third kappa shape index (κ3) is 3.61. The van der Waals surface area contributed by atoms with Gasteiger partial charge in [0.2, 0.25) is 0 Å². The molecule has 3 nitrogen and oxygen atoms in total. The molecule has 1 heterocycles. The van der Waals surface area contributed by atoms with Crippen molar-refractivity contribution in [2.75, 3.05) is 5.32 Å². The van der Waals surface area contributed by atoms with Gasteiger partial charge in [0.1, 0.15) is 10.4 Å². The van der Waals surface area contributed by atoms with E-state index in [1.807, 2.05) is 0 Å². The molecule has 2 aromatic rings. The molecule has 98 valence electrons. The normalized spacial score (nSPS) is 10.3. The Hall–Kier alpha value is -1.27. The average molecular weight is 388 g/mol. The first-order chi connectivity index (χ1) is 8.95. The van der Waals surface area contributed by atoms with Crippen molar-refractivity contribution in [2.24, 2.45) is 0 Å². The second-order valence-corrected chi connectivity index (χ2v) is 5.61. The van der Waals surface area contributed by atoms with Crippen molar-refractivity contribution < 1.29 is 9.18 Å². The van der Waals surface area contributed by atoms with Crippen molar-refractivity contribution in [3.63, 3.8) is 0 Å². The molecule has 0 unspecified atom stereocenters. The standard InChI is InChI=1S/C13H9Br2FN2O/c1-7-11(2-3-12(15)17-7)18-13(19)8-4-9(14)6-10(16)5-8/h2-6H,1H3,(H,18,19). The fourth-order valence-corrected chi connectivity index (χ4v) is 2.41. The molecule has 0 radical (unpaired) electrons. The summed E-state index contributed by atoms with van der Waals surface area (Å²) in [4.78, 5) is 16.2. The molecule has 0 atom stereocenters. The number of anilines is 1. The third-order valence-corrected chi connectivity index (χ3v) is 3.32. The van der Waals surface area contributed by atoms with Crippen molar-refractivity contribution in [3.05, 3.63) is 56.5 Å². The summed E-state index contributed by atoms with van der Waals surface area (Å²) < 4.78 is 14.4. The maximum absolute atomic E-state index is 13.2. The zero-order valence-electron chi connectivity index (χ0n) is 9.88. The molecule has 0 aliphatic carbocycles. The lowest BCUT2D eigenvalue weighted by molar-refractivity contribution is 0.102. The predicted molar refractivity (Wildman–Crippen MR) is 78.7 cm³/mol. The summed E-state index contributed by atoms with van der Waals surface area (Å²) >= 11 is 6.40. The number of aryl methyl sites for hydroxylation is 1. The second-order valence-electron chi connectivity index (χ2n) is 3.88. The van der Waals surface area contributed by atoms with Crippen LogP contribution in [0.1, 0.15) is 16.1 Å². The number of carbonyl (C=O) groups is 1. The number of pyridine rings is 1. The lowest BCUT2D eigenvalue weighted by Gasteiger charge is -2.08. The van der Waals surface area contributed by atoms with Gasteiger partial charge in [-0.25, -0.2) is 9.37 Å². The first kappa shape index (κ1) is 14.1. The largest absolute Gasteiger partial charge is 0.320 e. The maximum atomic E-state index is 13.2. The van der Waals surface area contributed by atoms with E-state index in [0.29, 0.717) is 20.5 Å². The highest BCUT2D eigenvalue weighted by molar-refractivity contribution is 9.10. The van der Waals surface area contributed by atoms with Gasteiger partial charge in [-0.1, -0.05) is 15.9 Å². The van der Waals surface area contributed by atoms with Crippen molar-refractivity contribution in [1.29, 1.82) is 0 Å². The van der Waals surface area contributed by atoms with Crippen LogP contribution < -0.4 is 5.32 Å². The van der Waals surface area contributed by atoms with E-state index in [2.05, 4.69) is 42.2 Å². The van der Waals surface area contributed by atoms with Crippen molar-refractivity contribution >= 4 is 43.5 Å². The molecule has 0 aliphatic rings. The molecule has 1 amide bonds. The number of nitrogens with zero attached hydrogens (tertiary/aromatic N) is 1. The smallest absolute Gasteiger partial charge is 0.255 e. The Balaban J connectivity index is 2.25. The zero-order valence-corrected chi connectivity index (χ0v) is 13.0. The number of benzene rings is 1. The first-order valence-electron chi connectivity index (χ1n) is 5.36. The van der Waals surface area contributed by atoms with Crippen molar-refractivity contribution in [3.8, 4) is 0 Å². The van der Waals surface area contributed by atoms with E-state index in [0.717, 1.165) is 0 Å². The minimum absolute atomic E-state index is 0.245. The molecule has 0 aliphatic heterocycles. The molecule has 1 aromatic carbocycles. The van der Waals surface area contributed by atoms with Crippen LogP contribution in [0.2, 0.25) is 0 Å². The number of aromatic nitrogens is 1. The highest BCUT2D eigenvalue weighted by Crippen LogP contribution is 2.19. The number of carbonyl (C=O) groups excluding carboxylic acids is 1. The van der Waals surface area contributed by atoms with E-state index in [9.17, 15) is 9.18 Å². The Kier molecular flexibility index (Phi) is 4.31. The van der Waals surface area contributed by atoms with Crippen LogP contribution in [0.4, 0.5) is 10.1 Å². The Morgan fingerprint density at radius 2 is 2.00 bits per heavy atom. The highest BCUT2D eigenvalue weighted by atomic mass is 79.9. The van der Waals surface area contributed by atoms with E-state index < -0.39 is 5.82 Å². The quantitative estimate of drug-likeness (QED) is 0.780. The summed E-state index contributed by atoms with van der Waals surface area (Å²) in [6.45, 7) is 1.78. The molecular weight excluding hydrogens is 379 g/mol. The highest BCUT2D eigenvalue weighted by Gasteiger charge is 2.10. The lowest BCUT2D eigenvalue weighted by atomic mass is 10.2. The zero-order chi connectivity index (χ0) is 14.0. The molecule has 6 heteroatoms. The number of amides is 1. The van der Waals surface area contributed by atoms with E-state index in [1.54, 1.807) is 25.1 Å². The summed E-state index contributed by atoms with van der Waals surface area (Å²) in [6, 6.07) is 7.49. The minimum atomic E-state index is -0.467. The average Bonchev–Trinajstić information content (AvgIpc) is 2.31. The van der Waals surface area contributed by atoms with Crippen LogP contribution in [0.25, 0.3) is 0 Å². The topological polar surface area (TPSA) is 42.0 Å². The van der Waals surface area contributed by atoms with E-state index >= 15 is 0 Å². The van der Waals surface area contributed by atoms with Crippen LogP contribution in [-0.2, 0) is 0 Å². The fraction of sp³-hybridized carbons (Fsp3) is 0.0769. The number of hydrogen-bond acceptors (Lipinski definition) is 2. The van der Waals surface area contributed by atoms with Crippen LogP contribution in [0.15, 0.2) is 39.4 Å². The van der Waals surface area contributed by atoms with E-state index in [1.165, 1.54) is 12.1 Å². The maximum Gasteiger partial charge on any atom is 0.255 e. The van der Waals surface area contributed by atoms with E-state index in [-0.39, 0.29) is 11.5 Å². The Bertz CT molecular complexity index is 626. The molecule has 0 bridgehead atoms. The molecule has 19 heavy (non-hydrogen) atoms. The summed E-state index contributed by atoms with van der Waals surface area (Å²) in [7, 11) is 0. The predicted octanol–water partition coefficient (Wildman–Crippen LogP) is 4.31. The number of nitrogens with one attached hydrogen (secondary N) is 1. The fourth-order valence-electron chi connectivity index (χ4n) is 1.54. The molecule has 1 aromatic heterocycles. The minimum Gasteiger partial charge on any atom is -0.320 e. The van der Waals surface area contributed by atoms with Crippen LogP contribution in [0.5, 0.6) is 0 Å². The SMILES string of the molecule is Cc1nc(Br)ccc1NC(=O)c1cc(F)cc(Br)c1. The van der Waals surface area contributed by atoms with Gasteiger partial charge in [-0.2, -0.15) is 0 Å². The van der Waals surface area contributed by atoms with Gasteiger partial charge in [0.15, 0.2) is 0 Å². The molecular formula is C13H9Br2FN2O. The molecule has 2 rings (SSSR count). The van der Waals surface area contributed by atoms with Gasteiger partial charge >= 0.3 is 0 Å². The Morgan fingerprint density at radius 1 is 1.26 bits per heavy atom. The van der Waals surface area contributed by atoms with Crippen LogP contribution in [-0.4, -0.2) is 10.9 Å². The van der Waals surface area contributed by atoms with Gasteiger partial charge in [-0.05, 0) is 53.2 Å². The Labute approximate surface area is 126 Å². The summed E-state index contributed by atoms with van der Waals surface area (Å²) in [5.41, 5.74) is 1.51. The van der Waals surface area contributed by atoms with Gasteiger partial charge < -0.3 is 5.32 Å². The molecule has 0 spiro atoms. The molecule has 0 fully saturated rings. The number of halogens is 3. The van der Waals surface area contributed by atoms with Gasteiger partial charge in [0, 0.05) is 10.0 Å². The number of hydrogen-bond donors (Lipinski definition) is 1. The monoisotopic (exact) mass is 386 g/mol. The second kappa shape index (κ2) is 5.79. The van der Waals surface area contributed by atoms with E-state index in [4.69, 9.17) is 0 Å². The molecule has 0 saturated heterocycles. The summed E-state index contributed by atoms with van der Waals surface area (Å²) in [6.07, 6.45) is 0. The first-order valence-corrected chi connectivity index (χ1v) is 6.95. The lowest BCUT2D eigenvalue weighted by Crippen LogP contribution is -2.13. The van der Waals surface area contributed by atoms with Crippen molar-refractivity contribution in [2.45, 2.75) is 6.92 Å². The van der Waals surface area contributed by atoms with Gasteiger partial charge in [-0.3, -0.25) is 4.79 Å². The molecule has 1 N–H and O–H groups in total. The van der Waals surface area contributed by atoms with Crippen LogP contribution >= 0.6 is 31.9 Å².